The van der Waals surface area contributed by atoms with Crippen molar-refractivity contribution in [2.24, 2.45) is 17.8 Å². The maximum absolute atomic E-state index is 14.3. The Kier molecular flexibility index (Phi) is 4.94. The Morgan fingerprint density at radius 3 is 2.41 bits per heavy atom. The summed E-state index contributed by atoms with van der Waals surface area (Å²) in [5, 5.41) is 0.625. The summed E-state index contributed by atoms with van der Waals surface area (Å²) in [7, 11) is 0. The van der Waals surface area contributed by atoms with Gasteiger partial charge in [-0.2, -0.15) is 13.2 Å². The van der Waals surface area contributed by atoms with E-state index in [1.807, 2.05) is 12.1 Å². The van der Waals surface area contributed by atoms with E-state index >= 15 is 0 Å². The number of alkyl halides is 3. The summed E-state index contributed by atoms with van der Waals surface area (Å²) in [4.78, 5) is 0. The molecule has 0 radical (unpaired) electrons. The molecule has 2 fully saturated rings. The van der Waals surface area contributed by atoms with E-state index in [2.05, 4.69) is 6.92 Å². The zero-order chi connectivity index (χ0) is 19.2. The van der Waals surface area contributed by atoms with E-state index in [0.717, 1.165) is 42.2 Å². The van der Waals surface area contributed by atoms with Gasteiger partial charge in [0, 0.05) is 5.39 Å². The van der Waals surface area contributed by atoms with Crippen LogP contribution in [0.1, 0.15) is 68.9 Å². The van der Waals surface area contributed by atoms with Crippen LogP contribution in [0.5, 0.6) is 0 Å². The standard InChI is InChI=1S/C23H26F4/c1-2-14-3-4-16-12-17(6-5-15(16)11-14)18-7-9-20-19(13-18)8-10-21(22(20)24)23(25,26)27/h7-10,13-17H,2-6,11-12H2,1H3. The van der Waals surface area contributed by atoms with E-state index in [-0.39, 0.29) is 5.39 Å². The van der Waals surface area contributed by atoms with Gasteiger partial charge in [-0.05, 0) is 72.8 Å². The highest BCUT2D eigenvalue weighted by Crippen LogP contribution is 2.48. The quantitative estimate of drug-likeness (QED) is 0.470. The lowest BCUT2D eigenvalue weighted by atomic mass is 9.63. The summed E-state index contributed by atoms with van der Waals surface area (Å²) in [6.07, 6.45) is 4.14. The number of rotatable bonds is 2. The lowest BCUT2D eigenvalue weighted by molar-refractivity contribution is -0.139. The van der Waals surface area contributed by atoms with Gasteiger partial charge < -0.3 is 0 Å². The average molecular weight is 378 g/mol. The van der Waals surface area contributed by atoms with E-state index in [4.69, 9.17) is 0 Å². The Balaban J connectivity index is 1.57. The molecule has 0 aromatic heterocycles. The fourth-order valence-corrected chi connectivity index (χ4v) is 5.44. The highest BCUT2D eigenvalue weighted by atomic mass is 19.4. The van der Waals surface area contributed by atoms with Gasteiger partial charge in [0.05, 0.1) is 5.56 Å². The number of halogens is 4. The van der Waals surface area contributed by atoms with Crippen LogP contribution in [0, 0.1) is 23.6 Å². The highest BCUT2D eigenvalue weighted by molar-refractivity contribution is 5.84. The van der Waals surface area contributed by atoms with Crippen LogP contribution < -0.4 is 0 Å². The fourth-order valence-electron chi connectivity index (χ4n) is 5.44. The SMILES string of the molecule is CCC1CCC2CC(c3ccc4c(F)c(C(F)(F)F)ccc4c3)CCC2C1. The van der Waals surface area contributed by atoms with Gasteiger partial charge >= 0.3 is 6.18 Å². The second-order valence-corrected chi connectivity index (χ2v) is 8.52. The Hall–Kier alpha value is -1.58. The van der Waals surface area contributed by atoms with Crippen LogP contribution in [0.15, 0.2) is 30.3 Å². The van der Waals surface area contributed by atoms with Crippen molar-refractivity contribution in [1.29, 1.82) is 0 Å². The molecule has 2 saturated carbocycles. The molecule has 0 saturated heterocycles. The summed E-state index contributed by atoms with van der Waals surface area (Å²) in [5.41, 5.74) is -0.0336. The van der Waals surface area contributed by atoms with Gasteiger partial charge in [0.25, 0.3) is 0 Å². The van der Waals surface area contributed by atoms with Crippen LogP contribution in [-0.2, 0) is 6.18 Å². The van der Waals surface area contributed by atoms with Crippen molar-refractivity contribution in [1.82, 2.24) is 0 Å². The Bertz CT molecular complexity index is 823. The average Bonchev–Trinajstić information content (AvgIpc) is 2.66. The van der Waals surface area contributed by atoms with E-state index < -0.39 is 17.6 Å². The Morgan fingerprint density at radius 1 is 0.926 bits per heavy atom. The first-order valence-corrected chi connectivity index (χ1v) is 10.2. The molecule has 0 amide bonds. The van der Waals surface area contributed by atoms with Gasteiger partial charge in [0.1, 0.15) is 5.82 Å². The molecule has 0 heterocycles. The van der Waals surface area contributed by atoms with Crippen molar-refractivity contribution in [3.63, 3.8) is 0 Å². The van der Waals surface area contributed by atoms with Crippen LogP contribution in [0.4, 0.5) is 17.6 Å². The zero-order valence-corrected chi connectivity index (χ0v) is 15.7. The molecule has 0 nitrogen and oxygen atoms in total. The molecule has 0 bridgehead atoms. The number of fused-ring (bicyclic) bond motifs is 2. The van der Waals surface area contributed by atoms with Gasteiger partial charge in [0.2, 0.25) is 0 Å². The van der Waals surface area contributed by atoms with Gasteiger partial charge in [-0.1, -0.05) is 44.0 Å². The Labute approximate surface area is 158 Å². The summed E-state index contributed by atoms with van der Waals surface area (Å²) < 4.78 is 53.1. The molecular weight excluding hydrogens is 352 g/mol. The lowest BCUT2D eigenvalue weighted by Gasteiger charge is -2.42. The van der Waals surface area contributed by atoms with E-state index in [9.17, 15) is 17.6 Å². The van der Waals surface area contributed by atoms with Gasteiger partial charge in [-0.25, -0.2) is 4.39 Å². The summed E-state index contributed by atoms with van der Waals surface area (Å²) in [6.45, 7) is 2.29. The maximum Gasteiger partial charge on any atom is 0.419 e. The van der Waals surface area contributed by atoms with Crippen molar-refractivity contribution in [3.05, 3.63) is 47.3 Å². The first-order chi connectivity index (χ1) is 12.9. The van der Waals surface area contributed by atoms with Crippen molar-refractivity contribution >= 4 is 10.8 Å². The minimum atomic E-state index is -4.66. The molecule has 0 N–H and O–H groups in total. The van der Waals surface area contributed by atoms with Crippen LogP contribution in [0.2, 0.25) is 0 Å². The summed E-state index contributed by atoms with van der Waals surface area (Å²) >= 11 is 0. The monoisotopic (exact) mass is 378 g/mol. The molecule has 4 heteroatoms. The van der Waals surface area contributed by atoms with Crippen LogP contribution in [-0.4, -0.2) is 0 Å². The predicted molar refractivity (Wildman–Crippen MR) is 100 cm³/mol. The van der Waals surface area contributed by atoms with E-state index in [1.165, 1.54) is 44.2 Å². The van der Waals surface area contributed by atoms with E-state index in [0.29, 0.717) is 11.3 Å². The summed E-state index contributed by atoms with van der Waals surface area (Å²) in [5.74, 6) is 1.78. The normalized spacial score (nSPS) is 28.9. The molecule has 27 heavy (non-hydrogen) atoms. The first-order valence-electron chi connectivity index (χ1n) is 10.2. The molecule has 2 aliphatic rings. The third-order valence-corrected chi connectivity index (χ3v) is 7.05. The molecule has 4 atom stereocenters. The van der Waals surface area contributed by atoms with Crippen molar-refractivity contribution in [2.75, 3.05) is 0 Å². The first kappa shape index (κ1) is 18.8. The minimum absolute atomic E-state index is 0.0608. The molecule has 4 rings (SSSR count). The summed E-state index contributed by atoms with van der Waals surface area (Å²) in [6, 6.07) is 7.55. The van der Waals surface area contributed by atoms with Crippen molar-refractivity contribution in [2.45, 2.75) is 64.0 Å². The number of hydrogen-bond acceptors (Lipinski definition) is 0. The zero-order valence-electron chi connectivity index (χ0n) is 15.7. The second-order valence-electron chi connectivity index (χ2n) is 8.52. The van der Waals surface area contributed by atoms with Crippen LogP contribution >= 0.6 is 0 Å². The number of hydrogen-bond donors (Lipinski definition) is 0. The van der Waals surface area contributed by atoms with Gasteiger partial charge in [-0.3, -0.25) is 0 Å². The smallest absolute Gasteiger partial charge is 0.206 e. The molecule has 4 unspecified atom stereocenters. The second kappa shape index (κ2) is 7.10. The van der Waals surface area contributed by atoms with Crippen molar-refractivity contribution in [3.8, 4) is 0 Å². The van der Waals surface area contributed by atoms with Crippen LogP contribution in [0.25, 0.3) is 10.8 Å². The molecular formula is C23H26F4. The maximum atomic E-state index is 14.3. The third kappa shape index (κ3) is 3.60. The fraction of sp³-hybridized carbons (Fsp3) is 0.565. The van der Waals surface area contributed by atoms with Crippen molar-refractivity contribution < 1.29 is 17.6 Å². The topological polar surface area (TPSA) is 0 Å². The van der Waals surface area contributed by atoms with E-state index in [1.54, 1.807) is 0 Å². The van der Waals surface area contributed by atoms with Gasteiger partial charge in [-0.15, -0.1) is 0 Å². The molecule has 2 aliphatic carbocycles. The predicted octanol–water partition coefficient (Wildman–Crippen LogP) is 7.71. The largest absolute Gasteiger partial charge is 0.419 e. The molecule has 2 aromatic rings. The Morgan fingerprint density at radius 2 is 1.67 bits per heavy atom. The number of benzene rings is 2. The minimum Gasteiger partial charge on any atom is -0.206 e. The van der Waals surface area contributed by atoms with Crippen LogP contribution in [0.3, 0.4) is 0 Å². The lowest BCUT2D eigenvalue weighted by Crippen LogP contribution is -2.30. The molecule has 146 valence electrons. The third-order valence-electron chi connectivity index (χ3n) is 7.05. The molecule has 0 aliphatic heterocycles. The van der Waals surface area contributed by atoms with Gasteiger partial charge in [0.15, 0.2) is 0 Å². The molecule has 0 spiro atoms. The molecule has 2 aromatic carbocycles. The highest BCUT2D eigenvalue weighted by Gasteiger charge is 2.36.